The number of benzene rings is 1. The molecule has 0 atom stereocenters. The van der Waals surface area contributed by atoms with E-state index in [-0.39, 0.29) is 10.2 Å². The van der Waals surface area contributed by atoms with Gasteiger partial charge in [-0.15, -0.1) is 5.11 Å². The molecule has 0 unspecified atom stereocenters. The minimum Gasteiger partial charge on any atom is -0.294 e. The molecule has 0 amide bonds. The largest absolute Gasteiger partial charge is 0.294 e. The number of hydrogen-bond acceptors (Lipinski definition) is 3. The van der Waals surface area contributed by atoms with Gasteiger partial charge in [0.1, 0.15) is 0 Å². The van der Waals surface area contributed by atoms with Crippen molar-refractivity contribution in [1.82, 2.24) is 0 Å². The van der Waals surface area contributed by atoms with Crippen LogP contribution in [0.3, 0.4) is 0 Å². The smallest absolute Gasteiger partial charge is 0.286 e. The van der Waals surface area contributed by atoms with Gasteiger partial charge in [-0.3, -0.25) is 4.79 Å². The van der Waals surface area contributed by atoms with Crippen LogP contribution in [0.2, 0.25) is 10.0 Å². The number of Topliss-reactive ketones (excluding diaryl/α,β-unsaturated/α-hetero) is 1. The van der Waals surface area contributed by atoms with E-state index in [1.54, 1.807) is 19.1 Å². The Labute approximate surface area is 153 Å². The predicted molar refractivity (Wildman–Crippen MR) is 91.4 cm³/mol. The molecule has 1 aromatic rings. The third-order valence-electron chi connectivity index (χ3n) is 2.24. The van der Waals surface area contributed by atoms with E-state index in [1.165, 1.54) is 0 Å². The van der Waals surface area contributed by atoms with Crippen LogP contribution in [0, 0.1) is 6.92 Å². The topological polar surface area (TPSA) is 41.8 Å². The van der Waals surface area contributed by atoms with Gasteiger partial charge in [0.05, 0.1) is 9.42 Å². The highest BCUT2D eigenvalue weighted by Crippen LogP contribution is 2.34. The normalized spacial score (nSPS) is 12.4. The van der Waals surface area contributed by atoms with Crippen LogP contribution in [0.5, 0.6) is 0 Å². The van der Waals surface area contributed by atoms with Crippen molar-refractivity contribution in [2.24, 2.45) is 10.2 Å². The Morgan fingerprint density at radius 3 is 2.50 bits per heavy atom. The van der Waals surface area contributed by atoms with Gasteiger partial charge in [-0.1, -0.05) is 78.3 Å². The lowest BCUT2D eigenvalue weighted by molar-refractivity contribution is -0.119. The zero-order valence-electron chi connectivity index (χ0n) is 10.0. The van der Waals surface area contributed by atoms with Crippen molar-refractivity contribution in [2.45, 2.75) is 21.5 Å². The van der Waals surface area contributed by atoms with Crippen LogP contribution >= 0.6 is 78.3 Å². The number of halogens is 6. The fourth-order valence-electron chi connectivity index (χ4n) is 1.17. The van der Waals surface area contributed by atoms with Crippen LogP contribution in [0.25, 0.3) is 0 Å². The lowest BCUT2D eigenvalue weighted by Crippen LogP contribution is -2.24. The molecule has 0 aliphatic heterocycles. The second-order valence-corrected chi connectivity index (χ2v) is 9.36. The van der Waals surface area contributed by atoms with Crippen molar-refractivity contribution >= 4 is 89.7 Å². The average molecular weight is 486 g/mol. The number of hydrogen-bond donors (Lipinski definition) is 0. The molecule has 9 heteroatoms. The number of alkyl halides is 4. The number of azo groups is 1. The standard InChI is InChI=1S/C11H8Br2Cl4N2O/c1-5-7(15)2-6(14)3-8(5)18-19-11(16,17)9(20)4-10(12)13/h2-3,10H,4H2,1H3. The number of carbonyl (C=O) groups excluding carboxylic acids is 1. The first kappa shape index (κ1) is 18.7. The Hall–Kier alpha value is 0.610. The first-order chi connectivity index (χ1) is 9.13. The molecule has 20 heavy (non-hydrogen) atoms. The molecule has 0 saturated carbocycles. The Morgan fingerprint density at radius 2 is 1.95 bits per heavy atom. The molecule has 1 rings (SSSR count). The van der Waals surface area contributed by atoms with E-state index in [4.69, 9.17) is 46.4 Å². The molecule has 0 radical (unpaired) electrons. The van der Waals surface area contributed by atoms with E-state index in [1.807, 2.05) is 0 Å². The van der Waals surface area contributed by atoms with Crippen LogP contribution in [0.4, 0.5) is 5.69 Å². The van der Waals surface area contributed by atoms with Gasteiger partial charge in [0.25, 0.3) is 4.46 Å². The summed E-state index contributed by atoms with van der Waals surface area (Å²) in [7, 11) is 0. The average Bonchev–Trinajstić information content (AvgIpc) is 2.31. The van der Waals surface area contributed by atoms with Crippen LogP contribution < -0.4 is 0 Å². The number of ketones is 1. The maximum Gasteiger partial charge on any atom is 0.286 e. The highest BCUT2D eigenvalue weighted by Gasteiger charge is 2.34. The minimum absolute atomic E-state index is 0.0568. The van der Waals surface area contributed by atoms with Crippen molar-refractivity contribution in [3.05, 3.63) is 27.7 Å². The monoisotopic (exact) mass is 482 g/mol. The Balaban J connectivity index is 3.00. The van der Waals surface area contributed by atoms with Gasteiger partial charge in [-0.05, 0) is 24.6 Å². The summed E-state index contributed by atoms with van der Waals surface area (Å²) in [6.07, 6.45) is 0.0568. The molecular weight excluding hydrogens is 478 g/mol. The van der Waals surface area contributed by atoms with Crippen LogP contribution in [-0.2, 0) is 4.79 Å². The van der Waals surface area contributed by atoms with E-state index >= 15 is 0 Å². The molecule has 0 aromatic heterocycles. The molecule has 0 saturated heterocycles. The van der Waals surface area contributed by atoms with Gasteiger partial charge in [0, 0.05) is 16.5 Å². The summed E-state index contributed by atoms with van der Waals surface area (Å²) in [5.74, 6) is -0.492. The summed E-state index contributed by atoms with van der Waals surface area (Å²) in [5.41, 5.74) is 1.06. The second kappa shape index (κ2) is 7.75. The highest BCUT2D eigenvalue weighted by molar-refractivity contribution is 9.24. The zero-order valence-corrected chi connectivity index (χ0v) is 16.2. The molecule has 0 aliphatic rings. The van der Waals surface area contributed by atoms with Gasteiger partial charge >= 0.3 is 0 Å². The van der Waals surface area contributed by atoms with Crippen LogP contribution in [-0.4, -0.2) is 14.0 Å². The molecule has 0 aliphatic carbocycles. The summed E-state index contributed by atoms with van der Waals surface area (Å²) in [5, 5.41) is 8.38. The summed E-state index contributed by atoms with van der Waals surface area (Å²) < 4.78 is -2.20. The lowest BCUT2D eigenvalue weighted by Gasteiger charge is -2.12. The minimum atomic E-state index is -1.96. The molecule has 110 valence electrons. The number of nitrogens with zero attached hydrogens (tertiary/aromatic N) is 2. The Bertz CT molecular complexity index is 549. The number of rotatable bonds is 5. The molecule has 0 bridgehead atoms. The molecular formula is C11H8Br2Cl4N2O. The zero-order chi connectivity index (χ0) is 15.5. The summed E-state index contributed by atoms with van der Waals surface area (Å²) >= 11 is 29.9. The van der Waals surface area contributed by atoms with Crippen molar-refractivity contribution in [3.63, 3.8) is 0 Å². The van der Waals surface area contributed by atoms with Gasteiger partial charge in [0.2, 0.25) is 0 Å². The van der Waals surface area contributed by atoms with E-state index in [2.05, 4.69) is 42.1 Å². The van der Waals surface area contributed by atoms with Gasteiger partial charge in [-0.2, -0.15) is 5.11 Å². The molecule has 0 N–H and O–H groups in total. The first-order valence-corrected chi connectivity index (χ1v) is 8.55. The second-order valence-electron chi connectivity index (χ2n) is 3.79. The van der Waals surface area contributed by atoms with Crippen molar-refractivity contribution < 1.29 is 4.79 Å². The molecule has 3 nitrogen and oxygen atoms in total. The van der Waals surface area contributed by atoms with Gasteiger partial charge in [-0.25, -0.2) is 0 Å². The van der Waals surface area contributed by atoms with Gasteiger partial charge in [0.15, 0.2) is 5.78 Å². The molecule has 0 heterocycles. The van der Waals surface area contributed by atoms with Crippen molar-refractivity contribution in [3.8, 4) is 0 Å². The fraction of sp³-hybridized carbons (Fsp3) is 0.364. The molecule has 1 aromatic carbocycles. The van der Waals surface area contributed by atoms with Gasteiger partial charge < -0.3 is 0 Å². The van der Waals surface area contributed by atoms with Crippen LogP contribution in [0.15, 0.2) is 22.4 Å². The summed E-state index contributed by atoms with van der Waals surface area (Å²) in [6, 6.07) is 3.13. The molecule has 0 spiro atoms. The van der Waals surface area contributed by atoms with Crippen LogP contribution in [0.1, 0.15) is 12.0 Å². The van der Waals surface area contributed by atoms with E-state index < -0.39 is 10.2 Å². The maximum atomic E-state index is 11.8. The molecule has 0 fully saturated rings. The van der Waals surface area contributed by atoms with E-state index in [9.17, 15) is 4.79 Å². The SMILES string of the molecule is Cc1c(Cl)cc(Cl)cc1N=NC(Cl)(Cl)C(=O)CC(Br)Br. The van der Waals surface area contributed by atoms with E-state index in [0.29, 0.717) is 21.3 Å². The Morgan fingerprint density at radius 1 is 1.35 bits per heavy atom. The third-order valence-corrected chi connectivity index (χ3v) is 4.07. The quantitative estimate of drug-likeness (QED) is 0.263. The number of carbonyl (C=O) groups is 1. The summed E-state index contributed by atoms with van der Waals surface area (Å²) in [4.78, 5) is 11.8. The van der Waals surface area contributed by atoms with E-state index in [0.717, 1.165) is 0 Å². The first-order valence-electron chi connectivity index (χ1n) is 5.21. The lowest BCUT2D eigenvalue weighted by atomic mass is 10.2. The highest BCUT2D eigenvalue weighted by atomic mass is 79.9. The van der Waals surface area contributed by atoms with Crippen molar-refractivity contribution in [1.29, 1.82) is 0 Å². The Kier molecular flexibility index (Phi) is 7.23. The summed E-state index contributed by atoms with van der Waals surface area (Å²) in [6.45, 7) is 1.74. The van der Waals surface area contributed by atoms with Crippen molar-refractivity contribution in [2.75, 3.05) is 0 Å². The fourth-order valence-corrected chi connectivity index (χ4v) is 2.47. The third kappa shape index (κ3) is 5.43. The maximum absolute atomic E-state index is 11.8. The predicted octanol–water partition coefficient (Wildman–Crippen LogP) is 6.59.